The lowest BCUT2D eigenvalue weighted by Gasteiger charge is -2.20. The molecule has 0 radical (unpaired) electrons. The molecule has 3 rings (SSSR count). The first-order chi connectivity index (χ1) is 18.3. The molecule has 0 spiro atoms. The molecule has 0 aliphatic heterocycles. The summed E-state index contributed by atoms with van der Waals surface area (Å²) in [5.41, 5.74) is 12.2. The van der Waals surface area contributed by atoms with E-state index in [4.69, 9.17) is 16.2 Å². The Kier molecular flexibility index (Phi) is 8.80. The molecular weight excluding hydrogens is 508 g/mol. The van der Waals surface area contributed by atoms with E-state index in [-0.39, 0.29) is 53.6 Å². The summed E-state index contributed by atoms with van der Waals surface area (Å²) in [7, 11) is 0. The van der Waals surface area contributed by atoms with Crippen LogP contribution in [0.15, 0.2) is 24.4 Å². The monoisotopic (exact) mass is 538 g/mol. The van der Waals surface area contributed by atoms with Gasteiger partial charge in [-0.25, -0.2) is 19.6 Å². The van der Waals surface area contributed by atoms with Gasteiger partial charge in [-0.2, -0.15) is 9.97 Å². The van der Waals surface area contributed by atoms with Crippen molar-refractivity contribution in [2.24, 2.45) is 0 Å². The van der Waals surface area contributed by atoms with Crippen LogP contribution in [0, 0.1) is 0 Å². The number of amides is 2. The number of nitrogen functional groups attached to an aromatic ring is 2. The Bertz CT molecular complexity index is 1420. The van der Waals surface area contributed by atoms with Crippen molar-refractivity contribution in [3.63, 3.8) is 0 Å². The van der Waals surface area contributed by atoms with Gasteiger partial charge >= 0.3 is 12.1 Å². The van der Waals surface area contributed by atoms with Gasteiger partial charge in [0.15, 0.2) is 17.0 Å². The van der Waals surface area contributed by atoms with Crippen molar-refractivity contribution < 1.29 is 29.3 Å². The maximum absolute atomic E-state index is 12.7. The van der Waals surface area contributed by atoms with Crippen LogP contribution < -0.4 is 22.1 Å². The molecule has 1 atom stereocenters. The van der Waals surface area contributed by atoms with E-state index in [0.29, 0.717) is 11.3 Å². The molecule has 0 aliphatic rings. The SMILES string of the molecule is CC(C)(C)OC(=O)NCCCC(NC(=O)c1ccc(C=Cc2cnc3nc(N)nc(N)c3n2)cc1O)C(=O)O. The first-order valence-corrected chi connectivity index (χ1v) is 11.9. The number of nitrogens with one attached hydrogen (secondary N) is 2. The van der Waals surface area contributed by atoms with Gasteiger partial charge in [0.1, 0.15) is 17.4 Å². The van der Waals surface area contributed by atoms with Crippen LogP contribution in [0.3, 0.4) is 0 Å². The average Bonchev–Trinajstić information content (AvgIpc) is 2.83. The predicted octanol–water partition coefficient (Wildman–Crippen LogP) is 1.95. The molecule has 8 N–H and O–H groups in total. The van der Waals surface area contributed by atoms with Gasteiger partial charge in [-0.1, -0.05) is 12.1 Å². The second-order valence-corrected chi connectivity index (χ2v) is 9.48. The zero-order valence-corrected chi connectivity index (χ0v) is 21.6. The number of aliphatic carboxylic acids is 1. The number of carbonyl (C=O) groups is 3. The molecule has 39 heavy (non-hydrogen) atoms. The van der Waals surface area contributed by atoms with Crippen LogP contribution in [0.2, 0.25) is 0 Å². The van der Waals surface area contributed by atoms with Crippen LogP contribution in [0.1, 0.15) is 55.2 Å². The number of phenols is 1. The number of anilines is 2. The third-order valence-corrected chi connectivity index (χ3v) is 5.12. The van der Waals surface area contributed by atoms with Crippen LogP contribution >= 0.6 is 0 Å². The molecule has 2 aromatic heterocycles. The predicted molar refractivity (Wildman–Crippen MR) is 143 cm³/mol. The number of ether oxygens (including phenoxy) is 1. The smallest absolute Gasteiger partial charge is 0.407 e. The molecule has 14 nitrogen and oxygen atoms in total. The van der Waals surface area contributed by atoms with E-state index in [9.17, 15) is 24.6 Å². The van der Waals surface area contributed by atoms with Crippen LogP contribution in [0.4, 0.5) is 16.6 Å². The molecule has 2 heterocycles. The normalized spacial score (nSPS) is 12.3. The Labute approximate surface area is 223 Å². The van der Waals surface area contributed by atoms with Crippen molar-refractivity contribution in [2.75, 3.05) is 18.0 Å². The van der Waals surface area contributed by atoms with Gasteiger partial charge in [0.2, 0.25) is 5.95 Å². The van der Waals surface area contributed by atoms with E-state index in [1.807, 2.05) is 0 Å². The number of hydrogen-bond acceptors (Lipinski definition) is 11. The standard InChI is InChI=1S/C25H30N8O6/c1-25(2,3)39-24(38)28-10-4-5-16(22(36)37)31-21(35)15-9-7-13(11-17(15)34)6-8-14-12-29-20-18(30-14)19(26)32-23(27)33-20/h6-9,11-12,16,34H,4-5,10H2,1-3H3,(H,28,38)(H,31,35)(H,36,37)(H4,26,27,29,32,33). The zero-order valence-electron chi connectivity index (χ0n) is 21.6. The summed E-state index contributed by atoms with van der Waals surface area (Å²) in [5, 5.41) is 24.8. The molecule has 1 unspecified atom stereocenters. The molecule has 14 heteroatoms. The van der Waals surface area contributed by atoms with Crippen LogP contribution in [0.5, 0.6) is 5.75 Å². The number of hydrogen-bond donors (Lipinski definition) is 6. The number of fused-ring (bicyclic) bond motifs is 1. The van der Waals surface area contributed by atoms with Gasteiger partial charge in [0, 0.05) is 6.54 Å². The highest BCUT2D eigenvalue weighted by Gasteiger charge is 2.22. The lowest BCUT2D eigenvalue weighted by Crippen LogP contribution is -2.41. The van der Waals surface area contributed by atoms with Gasteiger partial charge in [0.25, 0.3) is 5.91 Å². The average molecular weight is 539 g/mol. The Hall–Kier alpha value is -5.01. The molecule has 3 aromatic rings. The minimum atomic E-state index is -1.25. The lowest BCUT2D eigenvalue weighted by molar-refractivity contribution is -0.139. The highest BCUT2D eigenvalue weighted by molar-refractivity contribution is 5.99. The van der Waals surface area contributed by atoms with E-state index in [1.54, 1.807) is 39.0 Å². The summed E-state index contributed by atoms with van der Waals surface area (Å²) >= 11 is 0. The van der Waals surface area contributed by atoms with Crippen molar-refractivity contribution in [3.8, 4) is 5.75 Å². The highest BCUT2D eigenvalue weighted by atomic mass is 16.6. The maximum atomic E-state index is 12.7. The number of alkyl carbamates (subject to hydrolysis) is 1. The number of carbonyl (C=O) groups excluding carboxylic acids is 2. The minimum absolute atomic E-state index is 0.0120. The number of carboxylic acids is 1. The van der Waals surface area contributed by atoms with E-state index in [2.05, 4.69) is 30.6 Å². The first kappa shape index (κ1) is 28.6. The van der Waals surface area contributed by atoms with E-state index < -0.39 is 29.6 Å². The number of nitrogens with zero attached hydrogens (tertiary/aromatic N) is 4. The molecule has 1 aromatic carbocycles. The van der Waals surface area contributed by atoms with Crippen molar-refractivity contribution in [3.05, 3.63) is 41.2 Å². The number of phenolic OH excluding ortho intramolecular Hbond substituents is 1. The third-order valence-electron chi connectivity index (χ3n) is 5.12. The summed E-state index contributed by atoms with van der Waals surface area (Å²) < 4.78 is 5.12. The molecule has 0 bridgehead atoms. The number of nitrogens with two attached hydrogens (primary N) is 2. The minimum Gasteiger partial charge on any atom is -0.507 e. The second kappa shape index (κ2) is 12.0. The molecule has 0 aliphatic carbocycles. The summed E-state index contributed by atoms with van der Waals surface area (Å²) in [4.78, 5) is 52.3. The number of benzene rings is 1. The van der Waals surface area contributed by atoms with Crippen LogP contribution in [0.25, 0.3) is 23.3 Å². The summed E-state index contributed by atoms with van der Waals surface area (Å²) in [6.07, 6.45) is 4.41. The molecule has 0 saturated carbocycles. The molecule has 0 fully saturated rings. The van der Waals surface area contributed by atoms with Gasteiger partial charge in [-0.05, 0) is 57.4 Å². The molecule has 0 saturated heterocycles. The Balaban J connectivity index is 1.61. The number of aromatic nitrogens is 4. The fourth-order valence-corrected chi connectivity index (χ4v) is 3.37. The summed E-state index contributed by atoms with van der Waals surface area (Å²) in [6, 6.07) is 3.06. The highest BCUT2D eigenvalue weighted by Crippen LogP contribution is 2.21. The zero-order chi connectivity index (χ0) is 28.7. The van der Waals surface area contributed by atoms with Crippen LogP contribution in [-0.4, -0.2) is 66.3 Å². The summed E-state index contributed by atoms with van der Waals surface area (Å²) in [6.45, 7) is 5.34. The topological polar surface area (TPSA) is 229 Å². The molecule has 206 valence electrons. The third kappa shape index (κ3) is 8.24. The number of rotatable bonds is 9. The van der Waals surface area contributed by atoms with Gasteiger partial charge in [-0.3, -0.25) is 4.79 Å². The van der Waals surface area contributed by atoms with Crippen molar-refractivity contribution >= 4 is 53.1 Å². The fourth-order valence-electron chi connectivity index (χ4n) is 3.37. The Morgan fingerprint density at radius 1 is 1.13 bits per heavy atom. The number of aromatic hydroxyl groups is 1. The van der Waals surface area contributed by atoms with Crippen molar-refractivity contribution in [1.29, 1.82) is 0 Å². The second-order valence-electron chi connectivity index (χ2n) is 9.48. The van der Waals surface area contributed by atoms with Crippen LogP contribution in [-0.2, 0) is 9.53 Å². The number of carboxylic acid groups (broad SMARTS) is 1. The summed E-state index contributed by atoms with van der Waals surface area (Å²) in [5.74, 6) is -2.27. The van der Waals surface area contributed by atoms with E-state index in [1.165, 1.54) is 18.3 Å². The van der Waals surface area contributed by atoms with Crippen molar-refractivity contribution in [1.82, 2.24) is 30.6 Å². The molecular formula is C25H30N8O6. The van der Waals surface area contributed by atoms with Gasteiger partial charge in [0.05, 0.1) is 17.5 Å². The van der Waals surface area contributed by atoms with Gasteiger partial charge < -0.3 is 37.1 Å². The fraction of sp³-hybridized carbons (Fsp3) is 0.320. The van der Waals surface area contributed by atoms with E-state index in [0.717, 1.165) is 0 Å². The van der Waals surface area contributed by atoms with E-state index >= 15 is 0 Å². The first-order valence-electron chi connectivity index (χ1n) is 11.9. The Morgan fingerprint density at radius 3 is 2.54 bits per heavy atom. The van der Waals surface area contributed by atoms with Crippen molar-refractivity contribution in [2.45, 2.75) is 45.3 Å². The van der Waals surface area contributed by atoms with Gasteiger partial charge in [-0.15, -0.1) is 0 Å². The molecule has 2 amide bonds. The largest absolute Gasteiger partial charge is 0.507 e. The maximum Gasteiger partial charge on any atom is 0.407 e. The Morgan fingerprint density at radius 2 is 1.87 bits per heavy atom. The quantitative estimate of drug-likeness (QED) is 0.215. The lowest BCUT2D eigenvalue weighted by atomic mass is 10.1.